The molecule has 1 aliphatic heterocycles. The number of piperazine rings is 1. The first-order chi connectivity index (χ1) is 14.7. The summed E-state index contributed by atoms with van der Waals surface area (Å²) in [5, 5.41) is 0.805. The van der Waals surface area contributed by atoms with Crippen molar-refractivity contribution in [1.29, 1.82) is 0 Å². The van der Waals surface area contributed by atoms with Gasteiger partial charge < -0.3 is 9.88 Å². The standard InChI is InChI=1S/C21H19Cl2N3O4S/c1-13-18(14-5-2-3-7-16(14)24-13)20(27)21(28)25-9-11-26(12-10-25)31(29,30)17-8-4-6-15(22)19(17)23/h2-8,24H,9-12H2,1H3. The highest BCUT2D eigenvalue weighted by Gasteiger charge is 2.34. The van der Waals surface area contributed by atoms with E-state index in [0.717, 1.165) is 5.52 Å². The summed E-state index contributed by atoms with van der Waals surface area (Å²) in [4.78, 5) is 30.2. The van der Waals surface area contributed by atoms with E-state index < -0.39 is 21.7 Å². The normalized spacial score (nSPS) is 15.4. The number of nitrogens with zero attached hydrogens (tertiary/aromatic N) is 2. The van der Waals surface area contributed by atoms with Crippen LogP contribution in [0.25, 0.3) is 10.9 Å². The number of rotatable bonds is 4. The maximum atomic E-state index is 13.0. The van der Waals surface area contributed by atoms with E-state index in [4.69, 9.17) is 23.2 Å². The van der Waals surface area contributed by atoms with Crippen molar-refractivity contribution in [3.8, 4) is 0 Å². The van der Waals surface area contributed by atoms with Gasteiger partial charge in [-0.15, -0.1) is 0 Å². The molecule has 1 aliphatic rings. The van der Waals surface area contributed by atoms with Gasteiger partial charge in [0.2, 0.25) is 10.0 Å². The average Bonchev–Trinajstić information content (AvgIpc) is 3.10. The van der Waals surface area contributed by atoms with Crippen LogP contribution in [0.5, 0.6) is 0 Å². The molecule has 3 aromatic rings. The number of sulfonamides is 1. The number of hydrogen-bond donors (Lipinski definition) is 1. The maximum absolute atomic E-state index is 13.0. The lowest BCUT2D eigenvalue weighted by Gasteiger charge is -2.33. The molecular weight excluding hydrogens is 461 g/mol. The Morgan fingerprint density at radius 3 is 2.35 bits per heavy atom. The van der Waals surface area contributed by atoms with E-state index >= 15 is 0 Å². The third kappa shape index (κ3) is 3.85. The van der Waals surface area contributed by atoms with E-state index in [2.05, 4.69) is 4.98 Å². The van der Waals surface area contributed by atoms with Gasteiger partial charge in [0.25, 0.3) is 11.7 Å². The minimum atomic E-state index is -3.87. The molecule has 2 heterocycles. The second-order valence-corrected chi connectivity index (χ2v) is 9.94. The summed E-state index contributed by atoms with van der Waals surface area (Å²) in [6.45, 7) is 2.06. The lowest BCUT2D eigenvalue weighted by molar-refractivity contribution is -0.127. The van der Waals surface area contributed by atoms with Gasteiger partial charge in [-0.05, 0) is 25.1 Å². The topological polar surface area (TPSA) is 90.6 Å². The Balaban J connectivity index is 1.51. The third-order valence-corrected chi connectivity index (χ3v) is 8.25. The van der Waals surface area contributed by atoms with Crippen LogP contribution in [-0.4, -0.2) is 60.5 Å². The number of ketones is 1. The quantitative estimate of drug-likeness (QED) is 0.457. The summed E-state index contributed by atoms with van der Waals surface area (Å²) in [5.74, 6) is -1.25. The van der Waals surface area contributed by atoms with Crippen molar-refractivity contribution in [3.05, 3.63) is 63.8 Å². The number of nitrogens with one attached hydrogen (secondary N) is 1. The SMILES string of the molecule is Cc1[nH]c2ccccc2c1C(=O)C(=O)N1CCN(S(=O)(=O)c2cccc(Cl)c2Cl)CC1. The molecule has 0 bridgehead atoms. The highest BCUT2D eigenvalue weighted by atomic mass is 35.5. The van der Waals surface area contributed by atoms with Crippen molar-refractivity contribution in [3.63, 3.8) is 0 Å². The number of aromatic nitrogens is 1. The molecule has 4 rings (SSSR count). The van der Waals surface area contributed by atoms with Crippen LogP contribution in [0.2, 0.25) is 10.0 Å². The van der Waals surface area contributed by atoms with Crippen molar-refractivity contribution in [1.82, 2.24) is 14.2 Å². The fourth-order valence-corrected chi connectivity index (χ4v) is 5.93. The van der Waals surface area contributed by atoms with Gasteiger partial charge >= 0.3 is 0 Å². The Morgan fingerprint density at radius 1 is 0.968 bits per heavy atom. The van der Waals surface area contributed by atoms with Gasteiger partial charge in [0.05, 0.1) is 15.6 Å². The number of H-pyrrole nitrogens is 1. The molecule has 0 radical (unpaired) electrons. The molecule has 0 spiro atoms. The largest absolute Gasteiger partial charge is 0.358 e. The predicted octanol–water partition coefficient (Wildman–Crippen LogP) is 3.50. The first kappa shape index (κ1) is 21.8. The van der Waals surface area contributed by atoms with E-state index in [9.17, 15) is 18.0 Å². The van der Waals surface area contributed by atoms with E-state index in [1.165, 1.54) is 27.4 Å². The first-order valence-corrected chi connectivity index (χ1v) is 11.8. The summed E-state index contributed by atoms with van der Waals surface area (Å²) < 4.78 is 27.2. The number of halogens is 2. The smallest absolute Gasteiger partial charge is 0.295 e. The number of carbonyl (C=O) groups excluding carboxylic acids is 2. The van der Waals surface area contributed by atoms with Gasteiger partial charge in [-0.3, -0.25) is 9.59 Å². The van der Waals surface area contributed by atoms with Crippen LogP contribution in [0.4, 0.5) is 0 Å². The molecule has 1 fully saturated rings. The van der Waals surface area contributed by atoms with E-state index in [1.54, 1.807) is 13.0 Å². The summed E-state index contributed by atoms with van der Waals surface area (Å²) in [6, 6.07) is 11.7. The number of aromatic amines is 1. The monoisotopic (exact) mass is 479 g/mol. The molecule has 1 amide bonds. The number of aryl methyl sites for hydroxylation is 1. The molecule has 1 aromatic heterocycles. The zero-order valence-electron chi connectivity index (χ0n) is 16.6. The lowest BCUT2D eigenvalue weighted by atomic mass is 10.1. The highest BCUT2D eigenvalue weighted by Crippen LogP contribution is 2.31. The second-order valence-electron chi connectivity index (χ2n) is 7.25. The average molecular weight is 480 g/mol. The van der Waals surface area contributed by atoms with Crippen LogP contribution in [0.15, 0.2) is 47.4 Å². The van der Waals surface area contributed by atoms with Gasteiger partial charge in [0, 0.05) is 42.8 Å². The van der Waals surface area contributed by atoms with Crippen LogP contribution in [0.1, 0.15) is 16.1 Å². The predicted molar refractivity (Wildman–Crippen MR) is 119 cm³/mol. The Hall–Kier alpha value is -2.39. The van der Waals surface area contributed by atoms with Gasteiger partial charge in [-0.1, -0.05) is 47.5 Å². The zero-order chi connectivity index (χ0) is 22.3. The molecule has 7 nitrogen and oxygen atoms in total. The third-order valence-electron chi connectivity index (χ3n) is 5.37. The van der Waals surface area contributed by atoms with Crippen LogP contribution in [0, 0.1) is 6.92 Å². The molecule has 1 saturated heterocycles. The van der Waals surface area contributed by atoms with Crippen LogP contribution < -0.4 is 0 Å². The second kappa shape index (κ2) is 8.27. The number of carbonyl (C=O) groups is 2. The summed E-state index contributed by atoms with van der Waals surface area (Å²) >= 11 is 12.0. The van der Waals surface area contributed by atoms with E-state index in [0.29, 0.717) is 16.6 Å². The highest BCUT2D eigenvalue weighted by molar-refractivity contribution is 7.89. The minimum Gasteiger partial charge on any atom is -0.358 e. The molecule has 162 valence electrons. The zero-order valence-corrected chi connectivity index (χ0v) is 18.9. The fraction of sp³-hybridized carbons (Fsp3) is 0.238. The van der Waals surface area contributed by atoms with Crippen molar-refractivity contribution in [2.75, 3.05) is 26.2 Å². The Morgan fingerprint density at radius 2 is 1.65 bits per heavy atom. The molecule has 0 aliphatic carbocycles. The molecule has 1 N–H and O–H groups in total. The van der Waals surface area contributed by atoms with Crippen LogP contribution in [-0.2, 0) is 14.8 Å². The Kier molecular flexibility index (Phi) is 5.83. The number of Topliss-reactive ketones (excluding diaryl/α,β-unsaturated/α-hetero) is 1. The van der Waals surface area contributed by atoms with Crippen molar-refractivity contribution < 1.29 is 18.0 Å². The molecule has 2 aromatic carbocycles. The van der Waals surface area contributed by atoms with Crippen molar-refractivity contribution >= 4 is 55.8 Å². The van der Waals surface area contributed by atoms with Crippen molar-refractivity contribution in [2.45, 2.75) is 11.8 Å². The first-order valence-electron chi connectivity index (χ1n) is 9.57. The number of amides is 1. The number of hydrogen-bond acceptors (Lipinski definition) is 4. The Labute approximate surface area is 189 Å². The van der Waals surface area contributed by atoms with Crippen LogP contribution >= 0.6 is 23.2 Å². The van der Waals surface area contributed by atoms with Gasteiger partial charge in [-0.2, -0.15) is 4.31 Å². The van der Waals surface area contributed by atoms with Gasteiger partial charge in [0.1, 0.15) is 4.90 Å². The fourth-order valence-electron chi connectivity index (χ4n) is 3.77. The molecule has 31 heavy (non-hydrogen) atoms. The van der Waals surface area contributed by atoms with Gasteiger partial charge in [-0.25, -0.2) is 8.42 Å². The number of fused-ring (bicyclic) bond motifs is 1. The molecule has 10 heteroatoms. The van der Waals surface area contributed by atoms with Gasteiger partial charge in [0.15, 0.2) is 0 Å². The van der Waals surface area contributed by atoms with Crippen molar-refractivity contribution in [2.24, 2.45) is 0 Å². The minimum absolute atomic E-state index is 0.0346. The summed E-state index contributed by atoms with van der Waals surface area (Å²) in [7, 11) is -3.87. The van der Waals surface area contributed by atoms with E-state index in [-0.39, 0.29) is 41.1 Å². The number of para-hydroxylation sites is 1. The summed E-state index contributed by atoms with van der Waals surface area (Å²) in [5.41, 5.74) is 1.75. The Bertz CT molecular complexity index is 1300. The summed E-state index contributed by atoms with van der Waals surface area (Å²) in [6.07, 6.45) is 0. The van der Waals surface area contributed by atoms with Crippen LogP contribution in [0.3, 0.4) is 0 Å². The lowest BCUT2D eigenvalue weighted by Crippen LogP contribution is -2.52. The molecule has 0 atom stereocenters. The maximum Gasteiger partial charge on any atom is 0.295 e. The number of benzene rings is 2. The molecular formula is C21H19Cl2N3O4S. The molecule has 0 unspecified atom stereocenters. The molecule has 0 saturated carbocycles. The van der Waals surface area contributed by atoms with E-state index in [1.807, 2.05) is 18.2 Å².